The molecule has 72 valence electrons. The van der Waals surface area contributed by atoms with Gasteiger partial charge in [0.25, 0.3) is 0 Å². The highest BCUT2D eigenvalue weighted by Gasteiger charge is 2.17. The molecule has 0 aromatic heterocycles. The highest BCUT2D eigenvalue weighted by Crippen LogP contribution is 2.18. The lowest BCUT2D eigenvalue weighted by atomic mass is 10.3. The minimum Gasteiger partial charge on any atom is -0.223 e. The van der Waals surface area contributed by atoms with E-state index in [0.717, 1.165) is 12.1 Å². The first-order valence-electron chi connectivity index (χ1n) is 3.21. The summed E-state index contributed by atoms with van der Waals surface area (Å²) in [6, 6.07) is 2.40. The third-order valence-electron chi connectivity index (χ3n) is 1.37. The van der Waals surface area contributed by atoms with Gasteiger partial charge in [0.1, 0.15) is 20.3 Å². The minimum atomic E-state index is -3.60. The Kier molecular flexibility index (Phi) is 3.23. The summed E-state index contributed by atoms with van der Waals surface area (Å²) in [6.45, 7) is 0. The molecule has 0 saturated heterocycles. The maximum Gasteiger partial charge on any atom is 0.190 e. The number of benzene rings is 1. The lowest BCUT2D eigenvalue weighted by molar-refractivity contribution is 0.551. The molecule has 0 bridgehead atoms. The molecule has 0 saturated carbocycles. The average molecular weight is 318 g/mol. The van der Waals surface area contributed by atoms with E-state index in [1.807, 2.05) is 0 Å². The summed E-state index contributed by atoms with van der Waals surface area (Å²) in [5.41, 5.74) is 0. The summed E-state index contributed by atoms with van der Waals surface area (Å²) >= 11 is 1.61. The number of sulfone groups is 1. The quantitative estimate of drug-likeness (QED) is 0.476. The third-order valence-corrected chi connectivity index (χ3v) is 5.12. The standard InChI is InChI=1S/C7H5F2IO2S/c8-5-1-2-7(6(9)3-5)13(11,12)4-10/h1-3H,4H2. The van der Waals surface area contributed by atoms with Crippen LogP contribution < -0.4 is 0 Å². The second-order valence-electron chi connectivity index (χ2n) is 2.30. The van der Waals surface area contributed by atoms with Gasteiger partial charge in [0.15, 0.2) is 9.84 Å². The molecule has 6 heteroatoms. The molecule has 0 radical (unpaired) electrons. The van der Waals surface area contributed by atoms with Crippen molar-refractivity contribution < 1.29 is 17.2 Å². The molecule has 0 aliphatic rings. The molecule has 0 heterocycles. The van der Waals surface area contributed by atoms with Crippen LogP contribution in [0.15, 0.2) is 23.1 Å². The summed E-state index contributed by atoms with van der Waals surface area (Å²) in [6.07, 6.45) is 0. The molecule has 0 fully saturated rings. The van der Waals surface area contributed by atoms with Crippen LogP contribution in [0.1, 0.15) is 0 Å². The molecular weight excluding hydrogens is 313 g/mol. The van der Waals surface area contributed by atoms with Gasteiger partial charge >= 0.3 is 0 Å². The Bertz CT molecular complexity index is 417. The SMILES string of the molecule is O=S(=O)(CI)c1ccc(F)cc1F. The van der Waals surface area contributed by atoms with Gasteiger partial charge in [-0.2, -0.15) is 0 Å². The van der Waals surface area contributed by atoms with Crippen molar-refractivity contribution in [3.8, 4) is 0 Å². The molecule has 1 aromatic carbocycles. The van der Waals surface area contributed by atoms with Gasteiger partial charge in [0.05, 0.1) is 0 Å². The summed E-state index contributed by atoms with van der Waals surface area (Å²) in [4.78, 5) is -0.455. The summed E-state index contributed by atoms with van der Waals surface area (Å²) < 4.78 is 47.4. The minimum absolute atomic E-state index is 0.229. The van der Waals surface area contributed by atoms with Gasteiger partial charge in [-0.25, -0.2) is 17.2 Å². The van der Waals surface area contributed by atoms with Crippen LogP contribution in [-0.4, -0.2) is 12.2 Å². The second-order valence-corrected chi connectivity index (χ2v) is 6.05. The van der Waals surface area contributed by atoms with Gasteiger partial charge in [-0.15, -0.1) is 0 Å². The van der Waals surface area contributed by atoms with Crippen molar-refractivity contribution in [1.29, 1.82) is 0 Å². The van der Waals surface area contributed by atoms with Crippen molar-refractivity contribution >= 4 is 32.4 Å². The molecule has 0 spiro atoms. The van der Waals surface area contributed by atoms with E-state index in [2.05, 4.69) is 0 Å². The van der Waals surface area contributed by atoms with E-state index in [0.29, 0.717) is 6.07 Å². The first-order chi connectivity index (χ1) is 5.97. The molecule has 0 aliphatic carbocycles. The number of hydrogen-bond donors (Lipinski definition) is 0. The van der Waals surface area contributed by atoms with E-state index >= 15 is 0 Å². The van der Waals surface area contributed by atoms with Crippen LogP contribution in [0.2, 0.25) is 0 Å². The van der Waals surface area contributed by atoms with Crippen LogP contribution in [0.4, 0.5) is 8.78 Å². The lowest BCUT2D eigenvalue weighted by Crippen LogP contribution is -2.04. The maximum atomic E-state index is 12.9. The molecule has 2 nitrogen and oxygen atoms in total. The van der Waals surface area contributed by atoms with Crippen molar-refractivity contribution in [3.63, 3.8) is 0 Å². The number of alkyl halides is 1. The topological polar surface area (TPSA) is 34.1 Å². The highest BCUT2D eigenvalue weighted by molar-refractivity contribution is 14.1. The van der Waals surface area contributed by atoms with Gasteiger partial charge in [0, 0.05) is 6.07 Å². The van der Waals surface area contributed by atoms with E-state index in [-0.39, 0.29) is 3.76 Å². The van der Waals surface area contributed by atoms with Crippen molar-refractivity contribution in [1.82, 2.24) is 0 Å². The summed E-state index contributed by atoms with van der Waals surface area (Å²) in [5.74, 6) is -1.83. The maximum absolute atomic E-state index is 12.9. The zero-order valence-electron chi connectivity index (χ0n) is 6.30. The van der Waals surface area contributed by atoms with Gasteiger partial charge in [-0.3, -0.25) is 0 Å². The van der Waals surface area contributed by atoms with E-state index in [1.165, 1.54) is 0 Å². The monoisotopic (exact) mass is 318 g/mol. The summed E-state index contributed by atoms with van der Waals surface area (Å²) in [7, 11) is -3.60. The van der Waals surface area contributed by atoms with Crippen LogP contribution in [0.3, 0.4) is 0 Å². The number of halogens is 3. The molecule has 0 atom stereocenters. The van der Waals surface area contributed by atoms with Crippen LogP contribution in [-0.2, 0) is 9.84 Å². The van der Waals surface area contributed by atoms with Crippen molar-refractivity contribution in [2.45, 2.75) is 4.90 Å². The first-order valence-corrected chi connectivity index (χ1v) is 6.39. The Morgan fingerprint density at radius 3 is 2.38 bits per heavy atom. The average Bonchev–Trinajstić information content (AvgIpc) is 2.03. The smallest absolute Gasteiger partial charge is 0.190 e. The van der Waals surface area contributed by atoms with E-state index in [9.17, 15) is 17.2 Å². The largest absolute Gasteiger partial charge is 0.223 e. The Morgan fingerprint density at radius 2 is 1.92 bits per heavy atom. The molecule has 0 unspecified atom stereocenters. The van der Waals surface area contributed by atoms with Crippen LogP contribution in [0, 0.1) is 11.6 Å². The van der Waals surface area contributed by atoms with E-state index in [4.69, 9.17) is 0 Å². The Hall–Kier alpha value is -0.240. The predicted molar refractivity (Wildman–Crippen MR) is 52.4 cm³/mol. The van der Waals surface area contributed by atoms with Gasteiger partial charge in [0.2, 0.25) is 0 Å². The van der Waals surface area contributed by atoms with Crippen molar-refractivity contribution in [2.75, 3.05) is 3.76 Å². The highest BCUT2D eigenvalue weighted by atomic mass is 127. The molecule has 0 aliphatic heterocycles. The third kappa shape index (κ3) is 2.37. The molecule has 0 N–H and O–H groups in total. The molecular formula is C7H5F2IO2S. The fourth-order valence-electron chi connectivity index (χ4n) is 0.786. The van der Waals surface area contributed by atoms with E-state index < -0.39 is 26.4 Å². The Morgan fingerprint density at radius 1 is 1.31 bits per heavy atom. The Balaban J connectivity index is 3.33. The fraction of sp³-hybridized carbons (Fsp3) is 0.143. The van der Waals surface area contributed by atoms with E-state index in [1.54, 1.807) is 22.6 Å². The van der Waals surface area contributed by atoms with Crippen LogP contribution in [0.25, 0.3) is 0 Å². The number of rotatable bonds is 2. The second kappa shape index (κ2) is 3.87. The van der Waals surface area contributed by atoms with Crippen molar-refractivity contribution in [2.24, 2.45) is 0 Å². The van der Waals surface area contributed by atoms with Crippen LogP contribution in [0.5, 0.6) is 0 Å². The Labute approximate surface area is 88.0 Å². The fourth-order valence-corrected chi connectivity index (χ4v) is 2.54. The zero-order chi connectivity index (χ0) is 10.1. The lowest BCUT2D eigenvalue weighted by Gasteiger charge is -2.01. The molecule has 0 amide bonds. The van der Waals surface area contributed by atoms with Crippen molar-refractivity contribution in [3.05, 3.63) is 29.8 Å². The molecule has 13 heavy (non-hydrogen) atoms. The first kappa shape index (κ1) is 10.8. The molecule has 1 rings (SSSR count). The summed E-state index contributed by atoms with van der Waals surface area (Å²) in [5, 5.41) is 0. The van der Waals surface area contributed by atoms with Gasteiger partial charge < -0.3 is 0 Å². The number of hydrogen-bond acceptors (Lipinski definition) is 2. The van der Waals surface area contributed by atoms with Gasteiger partial charge in [-0.05, 0) is 12.1 Å². The van der Waals surface area contributed by atoms with Gasteiger partial charge in [-0.1, -0.05) is 22.6 Å². The normalized spacial score (nSPS) is 11.6. The molecule has 1 aromatic rings. The zero-order valence-corrected chi connectivity index (χ0v) is 9.27. The predicted octanol–water partition coefficient (Wildman–Crippen LogP) is 2.13. The van der Waals surface area contributed by atoms with Crippen LogP contribution >= 0.6 is 22.6 Å².